The molecule has 10 nitrogen and oxygen atoms in total. The van der Waals surface area contributed by atoms with Crippen LogP contribution in [0.4, 0.5) is 0 Å². The number of hydrogen-bond acceptors (Lipinski definition) is 8. The lowest BCUT2D eigenvalue weighted by Gasteiger charge is -2.37. The number of hydrogen-bond donors (Lipinski definition) is 4. The minimum atomic E-state index is -3.71. The van der Waals surface area contributed by atoms with E-state index in [1.165, 1.54) is 0 Å². The number of amides is 1. The number of rotatable bonds is 11. The minimum Gasteiger partial charge on any atom is -0.493 e. The van der Waals surface area contributed by atoms with Crippen LogP contribution < -0.4 is 25.5 Å². The van der Waals surface area contributed by atoms with Crippen LogP contribution in [0.15, 0.2) is 23.1 Å². The largest absolute Gasteiger partial charge is 0.493 e. The predicted molar refractivity (Wildman–Crippen MR) is 139 cm³/mol. The first kappa shape index (κ1) is 27.3. The lowest BCUT2D eigenvalue weighted by atomic mass is 9.94. The van der Waals surface area contributed by atoms with Crippen LogP contribution in [0.1, 0.15) is 64.1 Å². The monoisotopic (exact) mass is 522 g/mol. The van der Waals surface area contributed by atoms with E-state index in [1.807, 2.05) is 19.0 Å². The smallest absolute Gasteiger partial charge is 0.241 e. The second-order valence-electron chi connectivity index (χ2n) is 10.2. The fourth-order valence-corrected chi connectivity index (χ4v) is 6.75. The predicted octanol–water partition coefficient (Wildman–Crippen LogP) is 1.31. The van der Waals surface area contributed by atoms with Gasteiger partial charge in [0.2, 0.25) is 15.9 Å². The summed E-state index contributed by atoms with van der Waals surface area (Å²) < 4.78 is 35.1. The first-order valence-corrected chi connectivity index (χ1v) is 14.8. The zero-order chi connectivity index (χ0) is 25.9. The summed E-state index contributed by atoms with van der Waals surface area (Å²) in [6.07, 6.45) is 5.21. The Morgan fingerprint density at radius 1 is 1.17 bits per heavy atom. The molecule has 4 N–H and O–H groups in total. The van der Waals surface area contributed by atoms with Crippen molar-refractivity contribution in [2.24, 2.45) is 0 Å². The first-order chi connectivity index (χ1) is 17.2. The molecule has 1 aromatic carbocycles. The quantitative estimate of drug-likeness (QED) is 0.344. The molecule has 11 heteroatoms. The summed E-state index contributed by atoms with van der Waals surface area (Å²) >= 11 is 0. The number of carbonyl (C=O) groups is 1. The second-order valence-corrected chi connectivity index (χ2v) is 12.0. The number of carbonyl (C=O) groups excluding carboxylic acids is 1. The molecule has 0 spiro atoms. The number of sulfonamides is 1. The number of ether oxygens (including phenoxy) is 1. The molecular formula is C25H42N6O4S. The van der Waals surface area contributed by atoms with Crippen LogP contribution in [0.25, 0.3) is 0 Å². The van der Waals surface area contributed by atoms with Crippen molar-refractivity contribution >= 4 is 15.9 Å². The van der Waals surface area contributed by atoms with Crippen LogP contribution in [0.5, 0.6) is 5.75 Å². The van der Waals surface area contributed by atoms with E-state index >= 15 is 0 Å². The fourth-order valence-electron chi connectivity index (χ4n) is 5.66. The standard InChI is InChI=1S/C25H42N6O4S/c1-5-8-20-22-23(31(4)29-20)25(32)28-24(27-22)19-16-18(10-11-21(19)35-15-6-2)36(33,34)26-13-12-17-9-7-14-30(17)3/h10-11,16-17,20,22-24,26-27,29H,5-9,12-15H2,1-4H3,(H,28,32). The van der Waals surface area contributed by atoms with E-state index in [1.54, 1.807) is 18.2 Å². The molecule has 3 aliphatic heterocycles. The molecule has 36 heavy (non-hydrogen) atoms. The summed E-state index contributed by atoms with van der Waals surface area (Å²) in [5.74, 6) is 0.483. The van der Waals surface area contributed by atoms with E-state index in [4.69, 9.17) is 4.74 Å². The van der Waals surface area contributed by atoms with Crippen LogP contribution in [0.3, 0.4) is 0 Å². The van der Waals surface area contributed by atoms with Crippen molar-refractivity contribution in [2.75, 3.05) is 33.8 Å². The topological polar surface area (TPSA) is 115 Å². The van der Waals surface area contributed by atoms with E-state index in [-0.39, 0.29) is 28.9 Å². The van der Waals surface area contributed by atoms with Crippen LogP contribution in [0, 0.1) is 0 Å². The molecule has 3 saturated heterocycles. The Bertz CT molecular complexity index is 1020. The van der Waals surface area contributed by atoms with Crippen molar-refractivity contribution < 1.29 is 17.9 Å². The van der Waals surface area contributed by atoms with Crippen LogP contribution in [-0.2, 0) is 14.8 Å². The van der Waals surface area contributed by atoms with Crippen molar-refractivity contribution in [3.8, 4) is 5.75 Å². The SMILES string of the molecule is CCCOc1ccc(S(=O)(=O)NCCC2CCCN2C)cc1C1NC(=O)C2C(N1)C(CCC)NN2C. The van der Waals surface area contributed by atoms with Gasteiger partial charge in [0, 0.05) is 31.2 Å². The van der Waals surface area contributed by atoms with E-state index in [2.05, 4.69) is 39.7 Å². The molecule has 5 atom stereocenters. The highest BCUT2D eigenvalue weighted by Crippen LogP contribution is 2.32. The first-order valence-electron chi connectivity index (χ1n) is 13.3. The number of nitrogens with one attached hydrogen (secondary N) is 4. The summed E-state index contributed by atoms with van der Waals surface area (Å²) in [7, 11) is 0.259. The van der Waals surface area contributed by atoms with Crippen molar-refractivity contribution in [1.29, 1.82) is 0 Å². The molecule has 0 bridgehead atoms. The van der Waals surface area contributed by atoms with Gasteiger partial charge in [0.25, 0.3) is 0 Å². The molecule has 0 aliphatic carbocycles. The highest BCUT2D eigenvalue weighted by atomic mass is 32.2. The number of likely N-dealkylation sites (N-methyl/N-ethyl adjacent to an activating group) is 1. The van der Waals surface area contributed by atoms with E-state index in [0.717, 1.165) is 45.1 Å². The fraction of sp³-hybridized carbons (Fsp3) is 0.720. The number of nitrogens with zero attached hydrogens (tertiary/aromatic N) is 2. The summed E-state index contributed by atoms with van der Waals surface area (Å²) in [6.45, 7) is 6.09. The van der Waals surface area contributed by atoms with Gasteiger partial charge in [-0.3, -0.25) is 10.1 Å². The molecule has 5 unspecified atom stereocenters. The maximum absolute atomic E-state index is 13.2. The zero-order valence-corrected chi connectivity index (χ0v) is 22.7. The van der Waals surface area contributed by atoms with Gasteiger partial charge in [-0.2, -0.15) is 0 Å². The lowest BCUT2D eigenvalue weighted by molar-refractivity contribution is -0.129. The number of likely N-dealkylation sites (tertiary alicyclic amines) is 1. The van der Waals surface area contributed by atoms with E-state index < -0.39 is 16.2 Å². The van der Waals surface area contributed by atoms with E-state index in [9.17, 15) is 13.2 Å². The third kappa shape index (κ3) is 5.87. The van der Waals surface area contributed by atoms with E-state index in [0.29, 0.717) is 30.5 Å². The average Bonchev–Trinajstić information content (AvgIpc) is 3.40. The number of benzene rings is 1. The van der Waals surface area contributed by atoms with Gasteiger partial charge in [0.15, 0.2) is 0 Å². The summed E-state index contributed by atoms with van der Waals surface area (Å²) in [6, 6.07) is 5.00. The Morgan fingerprint density at radius 2 is 1.97 bits per heavy atom. The molecule has 0 radical (unpaired) electrons. The van der Waals surface area contributed by atoms with Gasteiger partial charge in [0.1, 0.15) is 18.0 Å². The number of fused-ring (bicyclic) bond motifs is 1. The van der Waals surface area contributed by atoms with Crippen molar-refractivity contribution in [3.05, 3.63) is 23.8 Å². The molecule has 0 aromatic heterocycles. The van der Waals surface area contributed by atoms with Gasteiger partial charge >= 0.3 is 0 Å². The van der Waals surface area contributed by atoms with Crippen LogP contribution in [-0.4, -0.2) is 82.2 Å². The Labute approximate surface area is 215 Å². The number of hydrazine groups is 1. The molecule has 4 rings (SSSR count). The maximum atomic E-state index is 13.2. The second kappa shape index (κ2) is 11.7. The van der Waals surface area contributed by atoms with Crippen molar-refractivity contribution in [3.63, 3.8) is 0 Å². The van der Waals surface area contributed by atoms with Crippen molar-refractivity contribution in [2.45, 2.75) is 87.6 Å². The highest BCUT2D eigenvalue weighted by Gasteiger charge is 2.48. The Morgan fingerprint density at radius 3 is 2.67 bits per heavy atom. The van der Waals surface area contributed by atoms with Gasteiger partial charge in [0.05, 0.1) is 17.5 Å². The zero-order valence-electron chi connectivity index (χ0n) is 21.9. The van der Waals surface area contributed by atoms with Gasteiger partial charge in [-0.1, -0.05) is 20.3 Å². The van der Waals surface area contributed by atoms with Gasteiger partial charge in [-0.15, -0.1) is 0 Å². The van der Waals surface area contributed by atoms with Gasteiger partial charge in [-0.25, -0.2) is 23.6 Å². The Hall–Kier alpha value is -1.76. The molecular weight excluding hydrogens is 480 g/mol. The molecule has 0 saturated carbocycles. The summed E-state index contributed by atoms with van der Waals surface area (Å²) in [5.41, 5.74) is 4.03. The Kier molecular flexibility index (Phi) is 8.90. The normalized spacial score (nSPS) is 29.3. The molecule has 3 heterocycles. The highest BCUT2D eigenvalue weighted by molar-refractivity contribution is 7.89. The van der Waals surface area contributed by atoms with Crippen LogP contribution in [0.2, 0.25) is 0 Å². The average molecular weight is 523 g/mol. The molecule has 3 aliphatic rings. The summed E-state index contributed by atoms with van der Waals surface area (Å²) in [4.78, 5) is 15.6. The van der Waals surface area contributed by atoms with Gasteiger partial charge < -0.3 is 15.0 Å². The summed E-state index contributed by atoms with van der Waals surface area (Å²) in [5, 5.41) is 8.48. The Balaban J connectivity index is 1.55. The third-order valence-electron chi connectivity index (χ3n) is 7.58. The molecule has 1 aromatic rings. The molecule has 202 valence electrons. The van der Waals surface area contributed by atoms with Crippen molar-refractivity contribution in [1.82, 2.24) is 30.7 Å². The molecule has 3 fully saturated rings. The van der Waals surface area contributed by atoms with Crippen LogP contribution >= 0.6 is 0 Å². The maximum Gasteiger partial charge on any atom is 0.241 e. The molecule has 1 amide bonds. The van der Waals surface area contributed by atoms with Gasteiger partial charge in [-0.05, 0) is 63.9 Å². The minimum absolute atomic E-state index is 0.0918. The third-order valence-corrected chi connectivity index (χ3v) is 9.04. The lowest BCUT2D eigenvalue weighted by Crippen LogP contribution is -2.62.